The summed E-state index contributed by atoms with van der Waals surface area (Å²) in [6.45, 7) is 10.2. The van der Waals surface area contributed by atoms with Gasteiger partial charge in [-0.05, 0) is 19.5 Å². The summed E-state index contributed by atoms with van der Waals surface area (Å²) in [6, 6.07) is 3.37. The number of nitrogens with one attached hydrogen (secondary N) is 1. The number of ether oxygens (including phenoxy) is 2. The van der Waals surface area contributed by atoms with Crippen LogP contribution in [-0.4, -0.2) is 42.2 Å². The molecule has 0 spiro atoms. The Morgan fingerprint density at radius 3 is 2.52 bits per heavy atom. The van der Waals surface area contributed by atoms with Crippen LogP contribution in [0.3, 0.4) is 0 Å². The van der Waals surface area contributed by atoms with Crippen molar-refractivity contribution in [2.75, 3.05) is 27.3 Å². The first kappa shape index (κ1) is 17.0. The Hall–Kier alpha value is -2.34. The maximum atomic E-state index is 12.3. The van der Waals surface area contributed by atoms with E-state index in [1.165, 1.54) is 7.11 Å². The van der Waals surface area contributed by atoms with Gasteiger partial charge in [-0.2, -0.15) is 0 Å². The largest absolute Gasteiger partial charge is 0.493 e. The minimum Gasteiger partial charge on any atom is -0.493 e. The van der Waals surface area contributed by atoms with Crippen molar-refractivity contribution in [3.63, 3.8) is 0 Å². The molecule has 0 saturated heterocycles. The van der Waals surface area contributed by atoms with Crippen molar-refractivity contribution in [3.05, 3.63) is 40.5 Å². The van der Waals surface area contributed by atoms with Crippen molar-refractivity contribution in [2.24, 2.45) is 0 Å². The van der Waals surface area contributed by atoms with Crippen LogP contribution in [0.2, 0.25) is 0 Å². The zero-order valence-corrected chi connectivity index (χ0v) is 14.1. The third-order valence-corrected chi connectivity index (χ3v) is 3.57. The molecule has 0 bridgehead atoms. The van der Waals surface area contributed by atoms with Gasteiger partial charge in [0, 0.05) is 12.6 Å². The average Bonchev–Trinajstić information content (AvgIpc) is 2.52. The highest BCUT2D eigenvalue weighted by molar-refractivity contribution is 5.81. The molecule has 0 saturated carbocycles. The first-order chi connectivity index (χ1) is 11.0. The fourth-order valence-corrected chi connectivity index (χ4v) is 2.46. The molecule has 0 atom stereocenters. The molecule has 0 unspecified atom stereocenters. The Morgan fingerprint density at radius 1 is 1.30 bits per heavy atom. The van der Waals surface area contributed by atoms with Crippen LogP contribution in [-0.2, 0) is 6.54 Å². The van der Waals surface area contributed by atoms with Gasteiger partial charge in [0.2, 0.25) is 0 Å². The number of H-pyrrole nitrogens is 1. The minimum atomic E-state index is -0.183. The van der Waals surface area contributed by atoms with Crippen LogP contribution in [0.1, 0.15) is 19.7 Å². The molecule has 0 aliphatic heterocycles. The number of fused-ring (bicyclic) bond motifs is 1. The molecule has 0 aliphatic carbocycles. The molecule has 6 nitrogen and oxygen atoms in total. The molecule has 1 heterocycles. The van der Waals surface area contributed by atoms with Gasteiger partial charge in [-0.3, -0.25) is 9.69 Å². The summed E-state index contributed by atoms with van der Waals surface area (Å²) >= 11 is 0. The molecule has 124 valence electrons. The number of hydrogen-bond donors (Lipinski definition) is 1. The van der Waals surface area contributed by atoms with Crippen LogP contribution in [0, 0.1) is 0 Å². The molecule has 1 aromatic carbocycles. The predicted molar refractivity (Wildman–Crippen MR) is 91.2 cm³/mol. The van der Waals surface area contributed by atoms with E-state index < -0.39 is 0 Å². The normalized spacial score (nSPS) is 11.0. The van der Waals surface area contributed by atoms with Gasteiger partial charge in [0.05, 0.1) is 31.7 Å². The quantitative estimate of drug-likeness (QED) is 0.794. The smallest absolute Gasteiger partial charge is 0.258 e. The maximum Gasteiger partial charge on any atom is 0.258 e. The Labute approximate surface area is 135 Å². The van der Waals surface area contributed by atoms with E-state index in [2.05, 4.69) is 28.4 Å². The molecular formula is C17H23N3O3. The first-order valence-corrected chi connectivity index (χ1v) is 7.50. The minimum absolute atomic E-state index is 0.183. The van der Waals surface area contributed by atoms with Crippen LogP contribution >= 0.6 is 0 Å². The third-order valence-electron chi connectivity index (χ3n) is 3.57. The lowest BCUT2D eigenvalue weighted by Crippen LogP contribution is -2.27. The lowest BCUT2D eigenvalue weighted by molar-refractivity contribution is 0.297. The summed E-state index contributed by atoms with van der Waals surface area (Å²) in [6.07, 6.45) is 0. The van der Waals surface area contributed by atoms with Gasteiger partial charge in [0.25, 0.3) is 5.56 Å². The standard InChI is InChI=1S/C17H23N3O3/c1-6-20(9-11(2)3)10-16-18-13-8-15(23-5)14(22-4)7-12(13)17(21)19-16/h7-8H,2,6,9-10H2,1,3-5H3,(H,18,19,21). The van der Waals surface area contributed by atoms with Gasteiger partial charge in [-0.1, -0.05) is 19.1 Å². The Balaban J connectivity index is 2.44. The second-order valence-electron chi connectivity index (χ2n) is 5.50. The van der Waals surface area contributed by atoms with E-state index in [0.29, 0.717) is 34.8 Å². The fraction of sp³-hybridized carbons (Fsp3) is 0.412. The van der Waals surface area contributed by atoms with E-state index in [1.54, 1.807) is 19.2 Å². The van der Waals surface area contributed by atoms with E-state index in [1.807, 2.05) is 6.92 Å². The molecule has 0 aliphatic rings. The summed E-state index contributed by atoms with van der Waals surface area (Å²) < 4.78 is 10.5. The number of aromatic nitrogens is 2. The molecule has 2 rings (SSSR count). The fourth-order valence-electron chi connectivity index (χ4n) is 2.46. The van der Waals surface area contributed by atoms with Crippen molar-refractivity contribution in [1.29, 1.82) is 0 Å². The van der Waals surface area contributed by atoms with Gasteiger partial charge in [-0.25, -0.2) is 4.98 Å². The van der Waals surface area contributed by atoms with E-state index in [0.717, 1.165) is 18.7 Å². The van der Waals surface area contributed by atoms with Crippen molar-refractivity contribution in [3.8, 4) is 11.5 Å². The van der Waals surface area contributed by atoms with E-state index in [9.17, 15) is 4.79 Å². The van der Waals surface area contributed by atoms with Crippen molar-refractivity contribution >= 4 is 10.9 Å². The molecule has 0 radical (unpaired) electrons. The molecular weight excluding hydrogens is 294 g/mol. The van der Waals surface area contributed by atoms with E-state index >= 15 is 0 Å². The Kier molecular flexibility index (Phi) is 5.39. The third kappa shape index (κ3) is 3.90. The highest BCUT2D eigenvalue weighted by Crippen LogP contribution is 2.29. The molecule has 2 aromatic rings. The van der Waals surface area contributed by atoms with Crippen molar-refractivity contribution < 1.29 is 9.47 Å². The predicted octanol–water partition coefficient (Wildman–Crippen LogP) is 2.34. The van der Waals surface area contributed by atoms with Gasteiger partial charge in [0.1, 0.15) is 5.82 Å². The van der Waals surface area contributed by atoms with Crippen LogP contribution < -0.4 is 15.0 Å². The van der Waals surface area contributed by atoms with Crippen molar-refractivity contribution in [2.45, 2.75) is 20.4 Å². The number of aromatic amines is 1. The lowest BCUT2D eigenvalue weighted by Gasteiger charge is -2.19. The topological polar surface area (TPSA) is 67.5 Å². The number of nitrogens with zero attached hydrogens (tertiary/aromatic N) is 2. The molecule has 0 amide bonds. The zero-order chi connectivity index (χ0) is 17.0. The number of methoxy groups -OCH3 is 2. The van der Waals surface area contributed by atoms with Gasteiger partial charge in [-0.15, -0.1) is 0 Å². The van der Waals surface area contributed by atoms with E-state index in [-0.39, 0.29) is 5.56 Å². The van der Waals surface area contributed by atoms with Gasteiger partial charge in [0.15, 0.2) is 11.5 Å². The molecule has 23 heavy (non-hydrogen) atoms. The average molecular weight is 317 g/mol. The second-order valence-corrected chi connectivity index (χ2v) is 5.50. The molecule has 1 N–H and O–H groups in total. The number of rotatable bonds is 7. The summed E-state index contributed by atoms with van der Waals surface area (Å²) in [5.74, 6) is 1.69. The number of hydrogen-bond acceptors (Lipinski definition) is 5. The first-order valence-electron chi connectivity index (χ1n) is 7.50. The van der Waals surface area contributed by atoms with Gasteiger partial charge >= 0.3 is 0 Å². The van der Waals surface area contributed by atoms with Crippen molar-refractivity contribution in [1.82, 2.24) is 14.9 Å². The summed E-state index contributed by atoms with van der Waals surface area (Å²) in [5.41, 5.74) is 1.48. The summed E-state index contributed by atoms with van der Waals surface area (Å²) in [4.78, 5) is 21.9. The lowest BCUT2D eigenvalue weighted by atomic mass is 10.2. The Morgan fingerprint density at radius 2 is 1.96 bits per heavy atom. The molecule has 0 fully saturated rings. The molecule has 6 heteroatoms. The zero-order valence-electron chi connectivity index (χ0n) is 14.1. The monoisotopic (exact) mass is 317 g/mol. The highest BCUT2D eigenvalue weighted by Gasteiger charge is 2.12. The van der Waals surface area contributed by atoms with E-state index in [4.69, 9.17) is 9.47 Å². The Bertz CT molecular complexity index is 768. The van der Waals surface area contributed by atoms with Gasteiger partial charge < -0.3 is 14.5 Å². The molecule has 1 aromatic heterocycles. The highest BCUT2D eigenvalue weighted by atomic mass is 16.5. The maximum absolute atomic E-state index is 12.3. The van der Waals surface area contributed by atoms with Crippen LogP contribution in [0.15, 0.2) is 29.1 Å². The van der Waals surface area contributed by atoms with Crippen LogP contribution in [0.25, 0.3) is 10.9 Å². The SMILES string of the molecule is C=C(C)CN(CC)Cc1nc2cc(OC)c(OC)cc2c(=O)[nH]1. The summed E-state index contributed by atoms with van der Waals surface area (Å²) in [5, 5.41) is 0.481. The summed E-state index contributed by atoms with van der Waals surface area (Å²) in [7, 11) is 3.10. The second kappa shape index (κ2) is 7.28. The number of benzene rings is 1. The van der Waals surface area contributed by atoms with Crippen LogP contribution in [0.4, 0.5) is 0 Å². The number of likely N-dealkylation sites (N-methyl/N-ethyl adjacent to an activating group) is 1. The van der Waals surface area contributed by atoms with Crippen LogP contribution in [0.5, 0.6) is 11.5 Å².